The van der Waals surface area contributed by atoms with E-state index in [0.717, 1.165) is 29.1 Å². The lowest BCUT2D eigenvalue weighted by atomic mass is 10.1. The second kappa shape index (κ2) is 9.04. The highest BCUT2D eigenvalue weighted by Gasteiger charge is 2.23. The number of ether oxygens (including phenoxy) is 1. The van der Waals surface area contributed by atoms with Gasteiger partial charge in [0.2, 0.25) is 0 Å². The van der Waals surface area contributed by atoms with Crippen LogP contribution < -0.4 is 5.73 Å². The number of benzene rings is 1. The van der Waals surface area contributed by atoms with Crippen molar-refractivity contribution in [3.05, 3.63) is 76.9 Å². The molecule has 0 fully saturated rings. The van der Waals surface area contributed by atoms with Crippen molar-refractivity contribution >= 4 is 11.3 Å². The van der Waals surface area contributed by atoms with Gasteiger partial charge >= 0.3 is 0 Å². The normalized spacial score (nSPS) is 11.5. The van der Waals surface area contributed by atoms with E-state index in [1.807, 2.05) is 14.0 Å². The molecule has 184 valence electrons. The average Bonchev–Trinajstić information content (AvgIpc) is 3.36. The molecule has 0 saturated carbocycles. The highest BCUT2D eigenvalue weighted by molar-refractivity contribution is 5.80. The summed E-state index contributed by atoms with van der Waals surface area (Å²) >= 11 is 0. The smallest absolute Gasteiger partial charge is 0.182 e. The van der Waals surface area contributed by atoms with E-state index in [4.69, 9.17) is 10.5 Å². The third-order valence-corrected chi connectivity index (χ3v) is 5.87. The minimum Gasteiger partial charge on any atom is -0.383 e. The Hall–Kier alpha value is -4.32. The molecule has 5 rings (SSSR count). The van der Waals surface area contributed by atoms with Crippen LogP contribution in [-0.2, 0) is 24.8 Å². The summed E-state index contributed by atoms with van der Waals surface area (Å²) in [6, 6.07) is 5.01. The van der Waals surface area contributed by atoms with Gasteiger partial charge in [0.25, 0.3) is 0 Å². The summed E-state index contributed by atoms with van der Waals surface area (Å²) in [5, 5.41) is 8.69. The van der Waals surface area contributed by atoms with Gasteiger partial charge in [0.05, 0.1) is 23.5 Å². The van der Waals surface area contributed by atoms with Gasteiger partial charge in [-0.25, -0.2) is 32.6 Å². The van der Waals surface area contributed by atoms with Crippen LogP contribution in [0.25, 0.3) is 28.2 Å². The molecule has 0 atom stereocenters. The molecule has 0 aliphatic carbocycles. The molecule has 0 unspecified atom stereocenters. The summed E-state index contributed by atoms with van der Waals surface area (Å²) in [5.41, 5.74) is 9.62. The third kappa shape index (κ3) is 3.85. The molecule has 5 aromatic rings. The van der Waals surface area contributed by atoms with Crippen molar-refractivity contribution in [2.24, 2.45) is 7.05 Å². The predicted octanol–water partition coefficient (Wildman–Crippen LogP) is 3.63. The molecule has 0 radical (unpaired) electrons. The van der Waals surface area contributed by atoms with Gasteiger partial charge in [-0.2, -0.15) is 10.2 Å². The van der Waals surface area contributed by atoms with E-state index in [1.165, 1.54) is 10.7 Å². The van der Waals surface area contributed by atoms with Crippen LogP contribution >= 0.6 is 0 Å². The summed E-state index contributed by atoms with van der Waals surface area (Å²) in [6.45, 7) is 2.18. The molecule has 1 aromatic carbocycles. The number of anilines is 1. The predicted molar refractivity (Wildman–Crippen MR) is 125 cm³/mol. The summed E-state index contributed by atoms with van der Waals surface area (Å²) < 4.78 is 50.8. The third-order valence-electron chi connectivity index (χ3n) is 5.87. The van der Waals surface area contributed by atoms with Gasteiger partial charge in [-0.05, 0) is 31.2 Å². The van der Waals surface area contributed by atoms with E-state index < -0.39 is 23.0 Å². The fourth-order valence-corrected chi connectivity index (χ4v) is 4.22. The Balaban J connectivity index is 1.61. The number of methoxy groups -OCH3 is 1. The van der Waals surface area contributed by atoms with Crippen molar-refractivity contribution in [1.82, 2.24) is 34.3 Å². The van der Waals surface area contributed by atoms with E-state index >= 15 is 0 Å². The van der Waals surface area contributed by atoms with Crippen LogP contribution in [0.15, 0.2) is 36.7 Å². The number of fused-ring (bicyclic) bond motifs is 1. The van der Waals surface area contributed by atoms with Crippen LogP contribution in [-0.4, -0.2) is 41.5 Å². The number of imidazole rings is 1. The zero-order valence-electron chi connectivity index (χ0n) is 19.6. The van der Waals surface area contributed by atoms with Gasteiger partial charge in [-0.1, -0.05) is 0 Å². The Bertz CT molecular complexity index is 1610. The number of nitrogens with zero attached hydrogens (tertiary/aromatic N) is 7. The maximum absolute atomic E-state index is 14.3. The second-order valence-electron chi connectivity index (χ2n) is 8.15. The topological polar surface area (TPSA) is 109 Å². The maximum atomic E-state index is 14.3. The molecule has 9 nitrogen and oxygen atoms in total. The second-order valence-corrected chi connectivity index (χ2v) is 8.15. The fourth-order valence-electron chi connectivity index (χ4n) is 4.22. The number of rotatable bonds is 6. The van der Waals surface area contributed by atoms with E-state index in [2.05, 4.69) is 25.1 Å². The molecule has 2 N–H and O–H groups in total. The van der Waals surface area contributed by atoms with Gasteiger partial charge in [-0.15, -0.1) is 0 Å². The molecule has 4 aromatic heterocycles. The van der Waals surface area contributed by atoms with Gasteiger partial charge in [0.15, 0.2) is 17.5 Å². The number of halogens is 3. The molecule has 0 amide bonds. The van der Waals surface area contributed by atoms with Crippen molar-refractivity contribution in [2.75, 3.05) is 12.8 Å². The molecule has 0 spiro atoms. The largest absolute Gasteiger partial charge is 0.383 e. The molecule has 0 aliphatic heterocycles. The maximum Gasteiger partial charge on any atom is 0.182 e. The summed E-state index contributed by atoms with van der Waals surface area (Å²) in [7, 11) is 3.40. The van der Waals surface area contributed by atoms with Crippen LogP contribution in [0, 0.1) is 24.4 Å². The van der Waals surface area contributed by atoms with Crippen LogP contribution in [0.2, 0.25) is 0 Å². The molecule has 0 bridgehead atoms. The first-order valence-corrected chi connectivity index (χ1v) is 10.9. The average molecular weight is 494 g/mol. The highest BCUT2D eigenvalue weighted by Crippen LogP contribution is 2.33. The SMILES string of the molecule is COCc1c(-c2cnc(-c3nc(Cc4c(F)ccc(F)c4F)n4ncccc34)nc2N)c(C)nn1C. The fraction of sp³-hybridized carbons (Fsp3) is 0.208. The molecule has 36 heavy (non-hydrogen) atoms. The molecule has 0 aliphatic rings. The Morgan fingerprint density at radius 2 is 1.86 bits per heavy atom. The zero-order valence-corrected chi connectivity index (χ0v) is 19.6. The van der Waals surface area contributed by atoms with Gasteiger partial charge < -0.3 is 10.5 Å². The minimum absolute atomic E-state index is 0.181. The molecule has 0 saturated heterocycles. The van der Waals surface area contributed by atoms with E-state index in [9.17, 15) is 13.2 Å². The van der Waals surface area contributed by atoms with Crippen molar-refractivity contribution in [1.29, 1.82) is 0 Å². The Morgan fingerprint density at radius 1 is 1.08 bits per heavy atom. The van der Waals surface area contributed by atoms with Crippen molar-refractivity contribution in [2.45, 2.75) is 20.0 Å². The van der Waals surface area contributed by atoms with Crippen LogP contribution in [0.5, 0.6) is 0 Å². The van der Waals surface area contributed by atoms with Gasteiger partial charge in [-0.3, -0.25) is 4.68 Å². The number of hydrogen-bond donors (Lipinski definition) is 1. The van der Waals surface area contributed by atoms with E-state index in [-0.39, 0.29) is 23.9 Å². The summed E-state index contributed by atoms with van der Waals surface area (Å²) in [5.74, 6) is -2.73. The number of nitrogens with two attached hydrogens (primary N) is 1. The first-order chi connectivity index (χ1) is 17.3. The number of aryl methyl sites for hydroxylation is 2. The van der Waals surface area contributed by atoms with Gasteiger partial charge in [0.1, 0.15) is 23.2 Å². The van der Waals surface area contributed by atoms with Crippen molar-refractivity contribution in [3.8, 4) is 22.6 Å². The Kier molecular flexibility index (Phi) is 5.88. The molecular weight excluding hydrogens is 473 g/mol. The first-order valence-electron chi connectivity index (χ1n) is 10.9. The Morgan fingerprint density at radius 3 is 2.61 bits per heavy atom. The summed E-state index contributed by atoms with van der Waals surface area (Å²) in [6.07, 6.45) is 2.74. The molecular formula is C24H21F3N8O. The standard InChI is InChI=1S/C24H21F3N8O/c1-12-20(18(11-36-3)34(2)33-12)14-10-29-24(32-23(14)28)22-17-5-4-8-30-35(17)19(31-22)9-13-15(25)6-7-16(26)21(13)27/h4-8,10H,9,11H2,1-3H3,(H2,28,29,32). The monoisotopic (exact) mass is 494 g/mol. The molecule has 12 heteroatoms. The van der Waals surface area contributed by atoms with Gasteiger partial charge in [0, 0.05) is 49.7 Å². The highest BCUT2D eigenvalue weighted by atomic mass is 19.2. The van der Waals surface area contributed by atoms with Crippen LogP contribution in [0.1, 0.15) is 22.8 Å². The van der Waals surface area contributed by atoms with Crippen molar-refractivity contribution in [3.63, 3.8) is 0 Å². The summed E-state index contributed by atoms with van der Waals surface area (Å²) in [4.78, 5) is 13.5. The number of aromatic nitrogens is 7. The zero-order chi connectivity index (χ0) is 25.6. The van der Waals surface area contributed by atoms with E-state index in [0.29, 0.717) is 23.4 Å². The van der Waals surface area contributed by atoms with Crippen molar-refractivity contribution < 1.29 is 17.9 Å². The van der Waals surface area contributed by atoms with E-state index in [1.54, 1.807) is 30.1 Å². The lowest BCUT2D eigenvalue weighted by Gasteiger charge is -2.09. The first kappa shape index (κ1) is 23.4. The van der Waals surface area contributed by atoms with Crippen LogP contribution in [0.4, 0.5) is 19.0 Å². The lowest BCUT2D eigenvalue weighted by Crippen LogP contribution is -2.05. The quantitative estimate of drug-likeness (QED) is 0.359. The lowest BCUT2D eigenvalue weighted by molar-refractivity contribution is 0.178. The van der Waals surface area contributed by atoms with Crippen LogP contribution in [0.3, 0.4) is 0 Å². The molecule has 4 heterocycles. The Labute approximate surface area is 203 Å². The number of hydrogen-bond acceptors (Lipinski definition) is 7. The number of nitrogen functional groups attached to an aromatic ring is 1. The minimum atomic E-state index is -1.27.